The van der Waals surface area contributed by atoms with Gasteiger partial charge in [-0.05, 0) is 25.7 Å². The number of phosphoric acid groups is 2. The van der Waals surface area contributed by atoms with Crippen LogP contribution in [0.4, 0.5) is 0 Å². The van der Waals surface area contributed by atoms with Crippen LogP contribution in [0.5, 0.6) is 0 Å². The van der Waals surface area contributed by atoms with E-state index in [0.717, 1.165) is 89.9 Å². The van der Waals surface area contributed by atoms with Crippen molar-refractivity contribution < 1.29 is 80.2 Å². The van der Waals surface area contributed by atoms with Gasteiger partial charge in [-0.15, -0.1) is 0 Å². The Balaban J connectivity index is 5.20. The van der Waals surface area contributed by atoms with Crippen molar-refractivity contribution in [3.63, 3.8) is 0 Å². The number of hydrogen-bond acceptors (Lipinski definition) is 15. The van der Waals surface area contributed by atoms with Crippen LogP contribution in [0.3, 0.4) is 0 Å². The molecular weight excluding hydrogens is 1270 g/mol. The second-order valence-corrected chi connectivity index (χ2v) is 31.0. The lowest BCUT2D eigenvalue weighted by molar-refractivity contribution is -0.161. The minimum Gasteiger partial charge on any atom is -0.462 e. The van der Waals surface area contributed by atoms with E-state index < -0.39 is 97.5 Å². The molecule has 0 heterocycles. The van der Waals surface area contributed by atoms with Crippen molar-refractivity contribution in [1.29, 1.82) is 0 Å². The number of carbonyl (C=O) groups excluding carboxylic acids is 4. The molecule has 17 nitrogen and oxygen atoms in total. The van der Waals surface area contributed by atoms with Gasteiger partial charge in [0.15, 0.2) is 12.2 Å². The Hall–Kier alpha value is -1.94. The predicted molar refractivity (Wildman–Crippen MR) is 395 cm³/mol. The first-order chi connectivity index (χ1) is 47.2. The van der Waals surface area contributed by atoms with Gasteiger partial charge in [-0.25, -0.2) is 9.13 Å². The molecule has 19 heteroatoms. The average Bonchev–Trinajstić information content (AvgIpc) is 0.998. The van der Waals surface area contributed by atoms with Crippen LogP contribution in [0.25, 0.3) is 0 Å². The third kappa shape index (κ3) is 72.2. The summed E-state index contributed by atoms with van der Waals surface area (Å²) in [6.07, 6.45) is 63.8. The van der Waals surface area contributed by atoms with Crippen LogP contribution in [-0.2, 0) is 65.4 Å². The summed E-state index contributed by atoms with van der Waals surface area (Å²) in [6, 6.07) is 0. The number of carbonyl (C=O) groups is 4. The highest BCUT2D eigenvalue weighted by Crippen LogP contribution is 2.45. The van der Waals surface area contributed by atoms with Crippen LogP contribution in [0, 0.1) is 0 Å². The Bertz CT molecular complexity index is 1840. The Kier molecular flexibility index (Phi) is 71.0. The molecule has 0 spiro atoms. The molecule has 0 amide bonds. The van der Waals surface area contributed by atoms with E-state index in [9.17, 15) is 43.2 Å². The highest BCUT2D eigenvalue weighted by Gasteiger charge is 2.30. The van der Waals surface area contributed by atoms with Crippen LogP contribution < -0.4 is 0 Å². The lowest BCUT2D eigenvalue weighted by Crippen LogP contribution is -2.30. The fourth-order valence-electron chi connectivity index (χ4n) is 12.1. The third-order valence-electron chi connectivity index (χ3n) is 18.4. The molecule has 2 unspecified atom stereocenters. The summed E-state index contributed by atoms with van der Waals surface area (Å²) in [5, 5.41) is 10.6. The molecular formula is C78H152O17P2. The Morgan fingerprint density at radius 1 is 0.247 bits per heavy atom. The standard InChI is InChI=1S/C78H152O17P2/c1-5-9-13-17-21-25-28-31-34-36-37-38-40-43-46-49-53-57-61-65-78(83)95-74(69-89-76(81)63-59-55-51-47-44-42-39-35-32-29-26-22-18-14-10-6-2)71-93-97(86,87)91-67-72(79)66-90-96(84,85)92-70-73(68-88-75(80)62-58-54-50-24-20-16-12-8-4)94-77(82)64-60-56-52-48-45-41-33-30-27-23-19-15-11-7-3/h72-74,79H,5-71H2,1-4H3,(H,84,85)(H,86,87)/t72-,73+,74+/m0/s1. The number of aliphatic hydroxyl groups is 1. The lowest BCUT2D eigenvalue weighted by Gasteiger charge is -2.21. The van der Waals surface area contributed by atoms with E-state index in [2.05, 4.69) is 27.7 Å². The predicted octanol–water partition coefficient (Wildman–Crippen LogP) is 23.4. The minimum absolute atomic E-state index is 0.108. The van der Waals surface area contributed by atoms with Crippen molar-refractivity contribution in [1.82, 2.24) is 0 Å². The van der Waals surface area contributed by atoms with Crippen molar-refractivity contribution in [3.8, 4) is 0 Å². The molecule has 0 aromatic carbocycles. The molecule has 0 aromatic rings. The van der Waals surface area contributed by atoms with Gasteiger partial charge in [-0.2, -0.15) is 0 Å². The van der Waals surface area contributed by atoms with E-state index in [4.69, 9.17) is 37.0 Å². The molecule has 576 valence electrons. The lowest BCUT2D eigenvalue weighted by atomic mass is 10.0. The highest BCUT2D eigenvalue weighted by atomic mass is 31.2. The summed E-state index contributed by atoms with van der Waals surface area (Å²) in [5.41, 5.74) is 0. The first-order valence-electron chi connectivity index (χ1n) is 40.8. The number of aliphatic hydroxyl groups excluding tert-OH is 1. The van der Waals surface area contributed by atoms with Gasteiger partial charge in [0.1, 0.15) is 19.3 Å². The largest absolute Gasteiger partial charge is 0.472 e. The smallest absolute Gasteiger partial charge is 0.462 e. The number of phosphoric ester groups is 2. The van der Waals surface area contributed by atoms with E-state index in [-0.39, 0.29) is 25.7 Å². The fourth-order valence-corrected chi connectivity index (χ4v) is 13.7. The van der Waals surface area contributed by atoms with Crippen LogP contribution >= 0.6 is 15.6 Å². The van der Waals surface area contributed by atoms with Gasteiger partial charge < -0.3 is 33.8 Å². The molecule has 0 rings (SSSR count). The Labute approximate surface area is 594 Å². The van der Waals surface area contributed by atoms with E-state index in [1.54, 1.807) is 0 Å². The van der Waals surface area contributed by atoms with E-state index in [1.165, 1.54) is 250 Å². The van der Waals surface area contributed by atoms with E-state index >= 15 is 0 Å². The molecule has 5 atom stereocenters. The van der Waals surface area contributed by atoms with Gasteiger partial charge >= 0.3 is 39.5 Å². The number of unbranched alkanes of at least 4 members (excludes halogenated alkanes) is 53. The zero-order chi connectivity index (χ0) is 71.1. The second kappa shape index (κ2) is 72.4. The SMILES string of the molecule is CCCCCCCCCCCCCCCCCCCCCC(=O)O[C@H](COC(=O)CCCCCCCCCCCCCCCCCC)COP(=O)(O)OC[C@@H](O)COP(=O)(O)OC[C@@H](COC(=O)CCCCCCCCCC)OC(=O)CCCCCCCCCCCCCCCC. The second-order valence-electron chi connectivity index (χ2n) is 28.1. The quantitative estimate of drug-likeness (QED) is 0.0222. The van der Waals surface area contributed by atoms with Crippen LogP contribution in [0.15, 0.2) is 0 Å². The van der Waals surface area contributed by atoms with E-state index in [1.807, 2.05) is 0 Å². The molecule has 3 N–H and O–H groups in total. The highest BCUT2D eigenvalue weighted by molar-refractivity contribution is 7.47. The maximum absolute atomic E-state index is 13.1. The summed E-state index contributed by atoms with van der Waals surface area (Å²) in [5.74, 6) is -2.11. The first-order valence-corrected chi connectivity index (χ1v) is 43.8. The van der Waals surface area contributed by atoms with Crippen LogP contribution in [0.2, 0.25) is 0 Å². The van der Waals surface area contributed by atoms with Crippen LogP contribution in [-0.4, -0.2) is 96.7 Å². The first kappa shape index (κ1) is 95.1. The Morgan fingerprint density at radius 3 is 0.608 bits per heavy atom. The van der Waals surface area contributed by atoms with Gasteiger partial charge in [0.05, 0.1) is 26.4 Å². The van der Waals surface area contributed by atoms with Crippen molar-refractivity contribution in [2.75, 3.05) is 39.6 Å². The summed E-state index contributed by atoms with van der Waals surface area (Å²) >= 11 is 0. The number of hydrogen-bond donors (Lipinski definition) is 3. The molecule has 0 saturated carbocycles. The molecule has 0 fully saturated rings. The molecule has 0 radical (unpaired) electrons. The average molecular weight is 1420 g/mol. The molecule has 0 saturated heterocycles. The summed E-state index contributed by atoms with van der Waals surface area (Å²) in [4.78, 5) is 72.8. The fraction of sp³-hybridized carbons (Fsp3) is 0.949. The van der Waals surface area contributed by atoms with Gasteiger partial charge in [-0.3, -0.25) is 37.3 Å². The van der Waals surface area contributed by atoms with Crippen molar-refractivity contribution >= 4 is 39.5 Å². The van der Waals surface area contributed by atoms with Crippen molar-refractivity contribution in [2.24, 2.45) is 0 Å². The van der Waals surface area contributed by atoms with Gasteiger partial charge in [0.25, 0.3) is 0 Å². The number of ether oxygens (including phenoxy) is 4. The monoisotopic (exact) mass is 1420 g/mol. The number of esters is 4. The zero-order valence-electron chi connectivity index (χ0n) is 63.1. The maximum Gasteiger partial charge on any atom is 0.472 e. The summed E-state index contributed by atoms with van der Waals surface area (Å²) in [7, 11) is -9.91. The van der Waals surface area contributed by atoms with Gasteiger partial charge in [0, 0.05) is 25.7 Å². The molecule has 0 aliphatic heterocycles. The molecule has 0 aromatic heterocycles. The summed E-state index contributed by atoms with van der Waals surface area (Å²) in [6.45, 7) is 4.99. The normalized spacial score (nSPS) is 13.8. The topological polar surface area (TPSA) is 237 Å². The maximum atomic E-state index is 13.1. The number of rotatable bonds is 79. The van der Waals surface area contributed by atoms with Gasteiger partial charge in [0.2, 0.25) is 0 Å². The minimum atomic E-state index is -4.96. The Morgan fingerprint density at radius 2 is 0.412 bits per heavy atom. The van der Waals surface area contributed by atoms with Crippen LogP contribution in [0.1, 0.15) is 419 Å². The molecule has 97 heavy (non-hydrogen) atoms. The van der Waals surface area contributed by atoms with Crippen molar-refractivity contribution in [3.05, 3.63) is 0 Å². The summed E-state index contributed by atoms with van der Waals surface area (Å²) < 4.78 is 68.6. The van der Waals surface area contributed by atoms with E-state index in [0.29, 0.717) is 25.7 Å². The molecule has 0 aliphatic rings. The molecule has 0 bridgehead atoms. The third-order valence-corrected chi connectivity index (χ3v) is 20.3. The zero-order valence-corrected chi connectivity index (χ0v) is 64.8. The molecule has 0 aliphatic carbocycles. The van der Waals surface area contributed by atoms with Crippen molar-refractivity contribution in [2.45, 2.75) is 438 Å². The van der Waals surface area contributed by atoms with Gasteiger partial charge in [-0.1, -0.05) is 368 Å².